The molecule has 3 aromatic heterocycles. The van der Waals surface area contributed by atoms with E-state index in [1.807, 2.05) is 6.07 Å². The Morgan fingerprint density at radius 1 is 1.44 bits per heavy atom. The van der Waals surface area contributed by atoms with Gasteiger partial charge in [-0.25, -0.2) is 8.96 Å². The summed E-state index contributed by atoms with van der Waals surface area (Å²) in [7, 11) is 0. The van der Waals surface area contributed by atoms with E-state index in [9.17, 15) is 23.9 Å². The zero-order valence-electron chi connectivity index (χ0n) is 18.1. The quantitative estimate of drug-likeness (QED) is 0.139. The Balaban J connectivity index is 1.37. The summed E-state index contributed by atoms with van der Waals surface area (Å²) in [5.41, 5.74) is 6.02. The molecule has 5 rings (SSSR count). The van der Waals surface area contributed by atoms with Crippen LogP contribution in [0.2, 0.25) is 0 Å². The van der Waals surface area contributed by atoms with Gasteiger partial charge in [-0.3, -0.25) is 14.5 Å². The highest BCUT2D eigenvalue weighted by Crippen LogP contribution is 2.40. The molecule has 0 bridgehead atoms. The second kappa shape index (κ2) is 9.50. The number of alkyl halides is 1. The van der Waals surface area contributed by atoms with Crippen molar-refractivity contribution in [2.75, 3.05) is 18.3 Å². The molecule has 0 aliphatic carbocycles. The first-order chi connectivity index (χ1) is 17.4. The number of anilines is 1. The molecule has 14 nitrogen and oxygen atoms in total. The summed E-state index contributed by atoms with van der Waals surface area (Å²) in [5.74, 6) is -3.00. The van der Waals surface area contributed by atoms with Gasteiger partial charge in [-0.15, -0.1) is 16.3 Å². The maximum Gasteiger partial charge on any atom is 0.307 e. The van der Waals surface area contributed by atoms with E-state index in [0.29, 0.717) is 5.57 Å². The van der Waals surface area contributed by atoms with Crippen molar-refractivity contribution in [2.24, 2.45) is 5.16 Å². The van der Waals surface area contributed by atoms with Crippen molar-refractivity contribution in [1.29, 1.82) is 0 Å². The van der Waals surface area contributed by atoms with Crippen LogP contribution in [0.3, 0.4) is 0 Å². The zero-order chi connectivity index (χ0) is 25.4. The molecule has 1 saturated heterocycles. The number of nitrogens with zero attached hydrogens (tertiary/aromatic N) is 7. The number of amides is 2. The average molecular weight is 534 g/mol. The Morgan fingerprint density at radius 2 is 2.28 bits per heavy atom. The number of imidazole rings is 1. The number of aliphatic carboxylic acids is 1. The number of hydrogen-bond acceptors (Lipinski definition) is 12. The molecule has 186 valence electrons. The van der Waals surface area contributed by atoms with Crippen molar-refractivity contribution < 1.29 is 33.3 Å². The van der Waals surface area contributed by atoms with Gasteiger partial charge in [-0.2, -0.15) is 9.36 Å². The number of nitrogen functional groups attached to an aromatic ring is 1. The zero-order valence-corrected chi connectivity index (χ0v) is 19.7. The minimum absolute atomic E-state index is 0.0420. The number of fused-ring (bicyclic) bond motifs is 2. The fourth-order valence-corrected chi connectivity index (χ4v) is 5.65. The maximum absolute atomic E-state index is 13.0. The second-order valence-electron chi connectivity index (χ2n) is 7.49. The van der Waals surface area contributed by atoms with Gasteiger partial charge in [0.1, 0.15) is 24.2 Å². The summed E-state index contributed by atoms with van der Waals surface area (Å²) in [6, 6.07) is 2.50. The van der Waals surface area contributed by atoms with Crippen molar-refractivity contribution in [3.05, 3.63) is 47.8 Å². The molecule has 2 atom stereocenters. The Labute approximate surface area is 209 Å². The first kappa shape index (κ1) is 23.6. The van der Waals surface area contributed by atoms with Crippen LogP contribution in [-0.4, -0.2) is 71.4 Å². The van der Waals surface area contributed by atoms with Crippen molar-refractivity contribution in [1.82, 2.24) is 29.2 Å². The number of hydrogen-bond donors (Lipinski definition) is 2. The topological polar surface area (TPSA) is 184 Å². The van der Waals surface area contributed by atoms with E-state index in [4.69, 9.17) is 5.73 Å². The molecule has 3 N–H and O–H groups in total. The Kier molecular flexibility index (Phi) is 6.23. The fraction of sp³-hybridized carbons (Fsp3) is 0.263. The highest BCUT2D eigenvalue weighted by molar-refractivity contribution is 8.00. The van der Waals surface area contributed by atoms with Crippen molar-refractivity contribution in [3.63, 3.8) is 0 Å². The number of aromatic nitrogens is 5. The Bertz CT molecular complexity index is 1440. The molecule has 0 radical (unpaired) electrons. The first-order valence-corrected chi connectivity index (χ1v) is 12.1. The monoisotopic (exact) mass is 533 g/mol. The summed E-state index contributed by atoms with van der Waals surface area (Å²) >= 11 is 2.07. The Morgan fingerprint density at radius 3 is 3.00 bits per heavy atom. The van der Waals surface area contributed by atoms with Gasteiger partial charge in [0.05, 0.1) is 17.9 Å². The van der Waals surface area contributed by atoms with Crippen molar-refractivity contribution in [2.45, 2.75) is 18.0 Å². The normalized spacial score (nSPS) is 19.8. The number of rotatable bonds is 8. The van der Waals surface area contributed by atoms with Crippen LogP contribution < -0.4 is 20.7 Å². The number of carboxylic acid groups (broad SMARTS) is 1. The van der Waals surface area contributed by atoms with E-state index in [0.717, 1.165) is 22.1 Å². The molecule has 2 amide bonds. The largest absolute Gasteiger partial charge is 0.543 e. The number of carbonyl (C=O) groups excluding carboxylic acids is 3. The number of halogens is 1. The number of β-lactam (4-membered cyclic amide) rings is 1. The molecule has 5 heterocycles. The lowest BCUT2D eigenvalue weighted by atomic mass is 10.0. The molecule has 0 unspecified atom stereocenters. The lowest BCUT2D eigenvalue weighted by Gasteiger charge is -2.50. The third-order valence-corrected chi connectivity index (χ3v) is 7.28. The smallest absolute Gasteiger partial charge is 0.307 e. The SMILES string of the molecule is Nc1nc(/C(=N/OCF)C(=O)N[C@@H]2C(=O)N3C(C(=O)[O-])=C(C[n+]4ccn5ncccc54)CS[C@H]23)ns1. The van der Waals surface area contributed by atoms with Crippen LogP contribution in [-0.2, 0) is 25.8 Å². The number of nitrogens with two attached hydrogens (primary N) is 1. The minimum atomic E-state index is -1.50. The highest BCUT2D eigenvalue weighted by Gasteiger charge is 2.53. The molecule has 0 saturated carbocycles. The van der Waals surface area contributed by atoms with Crippen LogP contribution in [0.1, 0.15) is 5.82 Å². The third-order valence-electron chi connectivity index (χ3n) is 5.40. The van der Waals surface area contributed by atoms with E-state index in [1.165, 1.54) is 11.8 Å². The van der Waals surface area contributed by atoms with Gasteiger partial charge in [0, 0.05) is 28.9 Å². The molecule has 17 heteroatoms. The van der Waals surface area contributed by atoms with Crippen LogP contribution in [0, 0.1) is 0 Å². The summed E-state index contributed by atoms with van der Waals surface area (Å²) in [5, 5.41) is 21.4. The molecule has 3 aromatic rings. The standard InChI is InChI=1S/C19H16FN9O5S2/c20-8-34-25-11(14-24-19(21)36-26-14)15(30)23-12-16(31)29-13(18(32)33)9(7-35-17(12)29)6-27-4-5-28-10(27)2-1-3-22-28/h1-5,12,17H,6-8H2,(H3-,21,23,24,26,30,32,33)/b25-11-/t12-,17-/m1/s1. The van der Waals surface area contributed by atoms with E-state index < -0.39 is 41.8 Å². The molecule has 2 aliphatic heterocycles. The van der Waals surface area contributed by atoms with Gasteiger partial charge in [0.25, 0.3) is 18.7 Å². The van der Waals surface area contributed by atoms with Crippen LogP contribution >= 0.6 is 23.3 Å². The predicted octanol–water partition coefficient (Wildman–Crippen LogP) is -2.19. The van der Waals surface area contributed by atoms with Crippen LogP contribution in [0.15, 0.2) is 47.1 Å². The lowest BCUT2D eigenvalue weighted by molar-refractivity contribution is -0.662. The predicted molar refractivity (Wildman–Crippen MR) is 120 cm³/mol. The van der Waals surface area contributed by atoms with Gasteiger partial charge in [0.2, 0.25) is 11.5 Å². The van der Waals surface area contributed by atoms with Gasteiger partial charge >= 0.3 is 5.65 Å². The summed E-state index contributed by atoms with van der Waals surface area (Å²) in [6.45, 7) is -1.11. The van der Waals surface area contributed by atoms with Crippen LogP contribution in [0.4, 0.5) is 9.52 Å². The summed E-state index contributed by atoms with van der Waals surface area (Å²) in [6.07, 6.45) is 5.10. The molecule has 36 heavy (non-hydrogen) atoms. The van der Waals surface area contributed by atoms with Crippen molar-refractivity contribution >= 4 is 57.6 Å². The molecular weight excluding hydrogens is 517 g/mol. The van der Waals surface area contributed by atoms with Gasteiger partial charge in [0.15, 0.2) is 11.3 Å². The van der Waals surface area contributed by atoms with Crippen LogP contribution in [0.5, 0.6) is 0 Å². The van der Waals surface area contributed by atoms with Gasteiger partial charge in [-0.05, 0) is 6.07 Å². The molecule has 0 spiro atoms. The second-order valence-corrected chi connectivity index (χ2v) is 9.38. The number of oxime groups is 1. The molecule has 0 aromatic carbocycles. The third kappa shape index (κ3) is 4.11. The lowest BCUT2D eigenvalue weighted by Crippen LogP contribution is -2.71. The first-order valence-electron chi connectivity index (χ1n) is 10.2. The summed E-state index contributed by atoms with van der Waals surface area (Å²) < 4.78 is 19.8. The van der Waals surface area contributed by atoms with E-state index >= 15 is 0 Å². The fourth-order valence-electron chi connectivity index (χ4n) is 3.88. The maximum atomic E-state index is 13.0. The number of carboxylic acids is 1. The minimum Gasteiger partial charge on any atom is -0.543 e. The van der Waals surface area contributed by atoms with Crippen LogP contribution in [0.25, 0.3) is 5.65 Å². The number of thioether (sulfide) groups is 1. The summed E-state index contributed by atoms with van der Waals surface area (Å²) in [4.78, 5) is 47.1. The molecule has 1 fully saturated rings. The van der Waals surface area contributed by atoms with E-state index in [1.54, 1.807) is 33.7 Å². The molecule has 2 aliphatic rings. The van der Waals surface area contributed by atoms with E-state index in [-0.39, 0.29) is 29.0 Å². The highest BCUT2D eigenvalue weighted by atomic mass is 32.2. The number of carbonyl (C=O) groups is 3. The van der Waals surface area contributed by atoms with Gasteiger partial charge < -0.3 is 25.8 Å². The molecular formula is C19H16FN9O5S2. The Hall–Kier alpha value is -4.12. The van der Waals surface area contributed by atoms with Crippen molar-refractivity contribution in [3.8, 4) is 0 Å². The van der Waals surface area contributed by atoms with Gasteiger partial charge in [-0.1, -0.05) is 10.3 Å². The average Bonchev–Trinajstić information content (AvgIpc) is 3.48. The van der Waals surface area contributed by atoms with E-state index in [2.05, 4.69) is 29.8 Å². The number of nitrogens with one attached hydrogen (secondary N) is 1.